The van der Waals surface area contributed by atoms with Crippen molar-refractivity contribution in [3.63, 3.8) is 0 Å². The van der Waals surface area contributed by atoms with Crippen LogP contribution in [0.4, 0.5) is 0 Å². The van der Waals surface area contributed by atoms with Crippen molar-refractivity contribution in [2.24, 2.45) is 0 Å². The third kappa shape index (κ3) is 4.17. The molecule has 0 bridgehead atoms. The van der Waals surface area contributed by atoms with Crippen LogP contribution in [0.5, 0.6) is 0 Å². The zero-order valence-corrected chi connectivity index (χ0v) is 25.6. The van der Waals surface area contributed by atoms with E-state index < -0.39 is 0 Å². The highest BCUT2D eigenvalue weighted by molar-refractivity contribution is 6.23. The Morgan fingerprint density at radius 2 is 0.830 bits per heavy atom. The van der Waals surface area contributed by atoms with Gasteiger partial charge in [0.2, 0.25) is 0 Å². The van der Waals surface area contributed by atoms with E-state index in [2.05, 4.69) is 170 Å². The van der Waals surface area contributed by atoms with E-state index in [1.807, 2.05) is 0 Å². The number of hydrogen-bond acceptors (Lipinski definition) is 1. The van der Waals surface area contributed by atoms with Crippen LogP contribution in [-0.4, -0.2) is 0 Å². The van der Waals surface area contributed by atoms with Crippen LogP contribution in [0.1, 0.15) is 0 Å². The van der Waals surface area contributed by atoms with Gasteiger partial charge in [-0.25, -0.2) is 0 Å². The summed E-state index contributed by atoms with van der Waals surface area (Å²) in [5.74, 6) is 0. The van der Waals surface area contributed by atoms with Gasteiger partial charge in [-0.2, -0.15) is 0 Å². The largest absolute Gasteiger partial charge is 0.456 e. The van der Waals surface area contributed by atoms with Crippen molar-refractivity contribution in [3.8, 4) is 33.4 Å². The highest BCUT2D eigenvalue weighted by atomic mass is 16.3. The van der Waals surface area contributed by atoms with Crippen LogP contribution in [0.25, 0.3) is 98.4 Å². The Morgan fingerprint density at radius 3 is 1.62 bits per heavy atom. The summed E-state index contributed by atoms with van der Waals surface area (Å²) in [6, 6.07) is 61.7. The Bertz CT molecular complexity index is 2840. The van der Waals surface area contributed by atoms with Gasteiger partial charge >= 0.3 is 0 Å². The molecule has 0 saturated heterocycles. The fourth-order valence-corrected chi connectivity index (χ4v) is 7.48. The van der Waals surface area contributed by atoms with Crippen molar-refractivity contribution in [3.05, 3.63) is 170 Å². The second-order valence-corrected chi connectivity index (χ2v) is 12.5. The van der Waals surface area contributed by atoms with Gasteiger partial charge in [-0.05, 0) is 119 Å². The molecule has 0 saturated carbocycles. The van der Waals surface area contributed by atoms with E-state index in [1.165, 1.54) is 76.5 Å². The van der Waals surface area contributed by atoms with Crippen molar-refractivity contribution >= 4 is 65.0 Å². The fourth-order valence-electron chi connectivity index (χ4n) is 7.48. The van der Waals surface area contributed by atoms with E-state index in [1.54, 1.807) is 0 Å². The minimum atomic E-state index is 0.910. The molecule has 0 atom stereocenters. The summed E-state index contributed by atoms with van der Waals surface area (Å²) >= 11 is 0. The predicted octanol–water partition coefficient (Wildman–Crippen LogP) is 13.2. The van der Waals surface area contributed by atoms with Crippen LogP contribution >= 0.6 is 0 Å². The average Bonchev–Trinajstić information content (AvgIpc) is 3.51. The second kappa shape index (κ2) is 10.2. The second-order valence-electron chi connectivity index (χ2n) is 12.5. The van der Waals surface area contributed by atoms with Crippen LogP contribution in [0.15, 0.2) is 174 Å². The van der Waals surface area contributed by atoms with Crippen molar-refractivity contribution in [2.75, 3.05) is 0 Å². The lowest BCUT2D eigenvalue weighted by atomic mass is 9.90. The summed E-state index contributed by atoms with van der Waals surface area (Å²) in [4.78, 5) is 0. The molecule has 0 amide bonds. The molecule has 10 rings (SSSR count). The zero-order chi connectivity index (χ0) is 30.9. The van der Waals surface area contributed by atoms with Crippen LogP contribution in [-0.2, 0) is 0 Å². The molecule has 0 aliphatic carbocycles. The predicted molar refractivity (Wildman–Crippen MR) is 200 cm³/mol. The Hall–Kier alpha value is -6.18. The Balaban J connectivity index is 1.11. The number of furan rings is 1. The molecule has 10 aromatic rings. The first-order valence-electron chi connectivity index (χ1n) is 16.2. The zero-order valence-electron chi connectivity index (χ0n) is 25.6. The van der Waals surface area contributed by atoms with Gasteiger partial charge in [-0.3, -0.25) is 0 Å². The normalized spacial score (nSPS) is 11.8. The monoisotopic (exact) mass is 596 g/mol. The molecule has 1 heterocycles. The molecule has 0 N–H and O–H groups in total. The van der Waals surface area contributed by atoms with Crippen molar-refractivity contribution in [2.45, 2.75) is 0 Å². The molecule has 1 nitrogen and oxygen atoms in total. The lowest BCUT2D eigenvalue weighted by Crippen LogP contribution is -1.87. The number of hydrogen-bond donors (Lipinski definition) is 0. The van der Waals surface area contributed by atoms with Gasteiger partial charge in [0.05, 0.1) is 0 Å². The van der Waals surface area contributed by atoms with Crippen molar-refractivity contribution < 1.29 is 4.42 Å². The summed E-state index contributed by atoms with van der Waals surface area (Å²) in [7, 11) is 0. The summed E-state index contributed by atoms with van der Waals surface area (Å²) in [6.07, 6.45) is 0. The highest BCUT2D eigenvalue weighted by Gasteiger charge is 2.13. The van der Waals surface area contributed by atoms with Crippen LogP contribution in [0.3, 0.4) is 0 Å². The molecule has 0 unspecified atom stereocenters. The average molecular weight is 597 g/mol. The van der Waals surface area contributed by atoms with Gasteiger partial charge in [0.1, 0.15) is 11.2 Å². The minimum absolute atomic E-state index is 0.910. The maximum Gasteiger partial charge on any atom is 0.135 e. The van der Waals surface area contributed by atoms with Gasteiger partial charge in [-0.15, -0.1) is 0 Å². The SMILES string of the molecule is c1ccc(-c2ccc3oc4ccc(-c5ccc6ccc(-c7cc8ccc9ccccc9c8c8ccccc78)cc6c5)cc4c3c2)cc1. The topological polar surface area (TPSA) is 13.1 Å². The summed E-state index contributed by atoms with van der Waals surface area (Å²) in [5, 5.41) is 12.5. The molecule has 0 spiro atoms. The van der Waals surface area contributed by atoms with E-state index in [0.717, 1.165) is 21.9 Å². The van der Waals surface area contributed by atoms with E-state index in [4.69, 9.17) is 4.42 Å². The molecular weight excluding hydrogens is 569 g/mol. The molecule has 1 aromatic heterocycles. The highest BCUT2D eigenvalue weighted by Crippen LogP contribution is 2.40. The van der Waals surface area contributed by atoms with E-state index in [0.29, 0.717) is 0 Å². The van der Waals surface area contributed by atoms with Gasteiger partial charge in [0.25, 0.3) is 0 Å². The minimum Gasteiger partial charge on any atom is -0.456 e. The Morgan fingerprint density at radius 1 is 0.277 bits per heavy atom. The quantitative estimate of drug-likeness (QED) is 0.185. The lowest BCUT2D eigenvalue weighted by Gasteiger charge is -2.14. The number of fused-ring (bicyclic) bond motifs is 9. The molecule has 0 aliphatic heterocycles. The molecular formula is C46H28O. The smallest absolute Gasteiger partial charge is 0.135 e. The fraction of sp³-hybridized carbons (Fsp3) is 0. The van der Waals surface area contributed by atoms with Crippen LogP contribution in [0.2, 0.25) is 0 Å². The van der Waals surface area contributed by atoms with Crippen molar-refractivity contribution in [1.82, 2.24) is 0 Å². The molecule has 47 heavy (non-hydrogen) atoms. The maximum absolute atomic E-state index is 6.26. The molecule has 9 aromatic carbocycles. The van der Waals surface area contributed by atoms with E-state index in [-0.39, 0.29) is 0 Å². The van der Waals surface area contributed by atoms with Crippen LogP contribution < -0.4 is 0 Å². The summed E-state index contributed by atoms with van der Waals surface area (Å²) in [5.41, 5.74) is 9.09. The third-order valence-electron chi connectivity index (χ3n) is 9.81. The van der Waals surface area contributed by atoms with Crippen molar-refractivity contribution in [1.29, 1.82) is 0 Å². The standard InChI is InChI=1S/C46H28O/c1-2-8-29(9-3-1)33-20-22-44-42(26-33)43-27-34(21-23-45(43)47-44)32-17-14-30-15-18-35(25-37(30)24-32)41-28-36-19-16-31-10-4-5-11-38(31)46(36)40-13-7-6-12-39(40)41/h1-28H. The van der Waals surface area contributed by atoms with Gasteiger partial charge in [0, 0.05) is 10.8 Å². The molecule has 1 heteroatoms. The first-order chi connectivity index (χ1) is 23.3. The molecule has 218 valence electrons. The first-order valence-corrected chi connectivity index (χ1v) is 16.2. The lowest BCUT2D eigenvalue weighted by molar-refractivity contribution is 0.669. The van der Waals surface area contributed by atoms with E-state index >= 15 is 0 Å². The third-order valence-corrected chi connectivity index (χ3v) is 9.81. The van der Waals surface area contributed by atoms with Crippen LogP contribution in [0, 0.1) is 0 Å². The number of benzene rings is 9. The Kier molecular flexibility index (Phi) is 5.64. The van der Waals surface area contributed by atoms with E-state index in [9.17, 15) is 0 Å². The molecule has 0 fully saturated rings. The molecule has 0 aliphatic rings. The van der Waals surface area contributed by atoms with Gasteiger partial charge < -0.3 is 4.42 Å². The molecule has 0 radical (unpaired) electrons. The first kappa shape index (κ1) is 26.1. The summed E-state index contributed by atoms with van der Waals surface area (Å²) in [6.45, 7) is 0. The number of rotatable bonds is 3. The van der Waals surface area contributed by atoms with Gasteiger partial charge in [0.15, 0.2) is 0 Å². The summed E-state index contributed by atoms with van der Waals surface area (Å²) < 4.78 is 6.26. The van der Waals surface area contributed by atoms with Gasteiger partial charge in [-0.1, -0.05) is 127 Å². The Labute approximate surface area is 271 Å². The maximum atomic E-state index is 6.26.